The van der Waals surface area contributed by atoms with Crippen LogP contribution in [-0.2, 0) is 11.2 Å². The first kappa shape index (κ1) is 15.4. The Labute approximate surface area is 139 Å². The topological polar surface area (TPSA) is 61.4 Å². The summed E-state index contributed by atoms with van der Waals surface area (Å²) < 4.78 is 0. The van der Waals surface area contributed by atoms with Gasteiger partial charge in [-0.05, 0) is 48.4 Å². The number of aryl methyl sites for hydroxylation is 1. The van der Waals surface area contributed by atoms with Crippen molar-refractivity contribution in [3.8, 4) is 0 Å². The smallest absolute Gasteiger partial charge is 0.315 e. The summed E-state index contributed by atoms with van der Waals surface area (Å²) in [4.78, 5) is 25.4. The number of hydrogen-bond donors (Lipinski definition) is 2. The summed E-state index contributed by atoms with van der Waals surface area (Å²) in [6.45, 7) is 0. The number of nitrogens with zero attached hydrogens (tertiary/aromatic N) is 1. The summed E-state index contributed by atoms with van der Waals surface area (Å²) in [5, 5.41) is 6.08. The Balaban J connectivity index is 1.71. The lowest BCUT2D eigenvalue weighted by molar-refractivity contribution is -0.118. The summed E-state index contributed by atoms with van der Waals surface area (Å²) in [7, 11) is 1.76. The second kappa shape index (κ2) is 6.30. The van der Waals surface area contributed by atoms with Crippen molar-refractivity contribution in [2.45, 2.75) is 12.8 Å². The van der Waals surface area contributed by atoms with Gasteiger partial charge in [0.15, 0.2) is 0 Å². The van der Waals surface area contributed by atoms with Crippen LogP contribution in [0.5, 0.6) is 0 Å². The summed E-state index contributed by atoms with van der Waals surface area (Å²) in [6.07, 6.45) is 1.17. The Kier molecular flexibility index (Phi) is 4.21. The lowest BCUT2D eigenvalue weighted by Gasteiger charge is -2.26. The standard InChI is InChI=1S/C17H16ClN3O2/c1-21-15-7-6-14(9-11(15)5-8-16(21)22)20-17(23)19-13-4-2-3-12(18)10-13/h2-4,6-7,9-10H,5,8H2,1H3,(H2,19,20,23). The molecule has 0 saturated carbocycles. The Morgan fingerprint density at radius 3 is 2.57 bits per heavy atom. The van der Waals surface area contributed by atoms with E-state index in [-0.39, 0.29) is 11.9 Å². The van der Waals surface area contributed by atoms with E-state index in [0.717, 1.165) is 11.3 Å². The fourth-order valence-electron chi connectivity index (χ4n) is 2.59. The first-order valence-corrected chi connectivity index (χ1v) is 7.64. The van der Waals surface area contributed by atoms with E-state index in [1.54, 1.807) is 42.3 Å². The van der Waals surface area contributed by atoms with Crippen LogP contribution in [0.3, 0.4) is 0 Å². The molecule has 1 heterocycles. The van der Waals surface area contributed by atoms with Gasteiger partial charge in [0.1, 0.15) is 0 Å². The van der Waals surface area contributed by atoms with Crippen LogP contribution >= 0.6 is 11.6 Å². The zero-order valence-corrected chi connectivity index (χ0v) is 13.4. The third-order valence-corrected chi connectivity index (χ3v) is 4.00. The first-order valence-electron chi connectivity index (χ1n) is 7.26. The van der Waals surface area contributed by atoms with Crippen LogP contribution in [0.4, 0.5) is 21.9 Å². The molecule has 0 saturated heterocycles. The summed E-state index contributed by atoms with van der Waals surface area (Å²) in [5.74, 6) is 0.108. The van der Waals surface area contributed by atoms with Crippen LogP contribution in [0.25, 0.3) is 0 Å². The molecule has 0 spiro atoms. The van der Waals surface area contributed by atoms with Crippen LogP contribution in [0.2, 0.25) is 5.02 Å². The van der Waals surface area contributed by atoms with E-state index in [4.69, 9.17) is 11.6 Å². The Bertz CT molecular complexity index is 776. The number of carbonyl (C=O) groups excluding carboxylic acids is 2. The number of rotatable bonds is 2. The van der Waals surface area contributed by atoms with Crippen LogP contribution in [0, 0.1) is 0 Å². The fourth-order valence-corrected chi connectivity index (χ4v) is 2.78. The number of urea groups is 1. The Hall–Kier alpha value is -2.53. The molecule has 3 amide bonds. The van der Waals surface area contributed by atoms with E-state index in [1.165, 1.54) is 0 Å². The minimum Gasteiger partial charge on any atom is -0.315 e. The summed E-state index contributed by atoms with van der Waals surface area (Å²) >= 11 is 5.89. The molecule has 2 aromatic rings. The lowest BCUT2D eigenvalue weighted by atomic mass is 10.0. The molecule has 3 rings (SSSR count). The van der Waals surface area contributed by atoms with Gasteiger partial charge in [-0.3, -0.25) is 4.79 Å². The van der Waals surface area contributed by atoms with Gasteiger partial charge in [-0.25, -0.2) is 4.79 Å². The van der Waals surface area contributed by atoms with Gasteiger partial charge in [0.05, 0.1) is 0 Å². The zero-order chi connectivity index (χ0) is 16.4. The van der Waals surface area contributed by atoms with Gasteiger partial charge >= 0.3 is 6.03 Å². The van der Waals surface area contributed by atoms with Gasteiger partial charge in [0, 0.05) is 35.6 Å². The third-order valence-electron chi connectivity index (χ3n) is 3.76. The Morgan fingerprint density at radius 1 is 1.09 bits per heavy atom. The number of nitrogens with one attached hydrogen (secondary N) is 2. The van der Waals surface area contributed by atoms with Crippen molar-refractivity contribution in [1.29, 1.82) is 0 Å². The van der Waals surface area contributed by atoms with Crippen molar-refractivity contribution in [2.75, 3.05) is 22.6 Å². The maximum absolute atomic E-state index is 12.0. The molecular weight excluding hydrogens is 314 g/mol. The molecule has 23 heavy (non-hydrogen) atoms. The second-order valence-corrected chi connectivity index (χ2v) is 5.82. The van der Waals surface area contributed by atoms with E-state index in [0.29, 0.717) is 29.2 Å². The normalized spacial score (nSPS) is 13.5. The van der Waals surface area contributed by atoms with E-state index >= 15 is 0 Å². The quantitative estimate of drug-likeness (QED) is 0.878. The molecule has 2 aromatic carbocycles. The highest BCUT2D eigenvalue weighted by Gasteiger charge is 2.20. The van der Waals surface area contributed by atoms with E-state index < -0.39 is 0 Å². The molecule has 118 valence electrons. The molecule has 0 radical (unpaired) electrons. The van der Waals surface area contributed by atoms with Crippen LogP contribution in [-0.4, -0.2) is 19.0 Å². The van der Waals surface area contributed by atoms with Crippen molar-refractivity contribution in [3.63, 3.8) is 0 Å². The van der Waals surface area contributed by atoms with E-state index in [1.807, 2.05) is 12.1 Å². The maximum atomic E-state index is 12.0. The third kappa shape index (κ3) is 3.46. The minimum absolute atomic E-state index is 0.108. The maximum Gasteiger partial charge on any atom is 0.323 e. The lowest BCUT2D eigenvalue weighted by Crippen LogP contribution is -2.31. The predicted octanol–water partition coefficient (Wildman–Crippen LogP) is 3.89. The van der Waals surface area contributed by atoms with Crippen molar-refractivity contribution in [3.05, 3.63) is 53.1 Å². The molecule has 0 aromatic heterocycles. The van der Waals surface area contributed by atoms with Crippen molar-refractivity contribution < 1.29 is 9.59 Å². The minimum atomic E-state index is -0.340. The predicted molar refractivity (Wildman–Crippen MR) is 92.3 cm³/mol. The number of hydrogen-bond acceptors (Lipinski definition) is 2. The zero-order valence-electron chi connectivity index (χ0n) is 12.6. The van der Waals surface area contributed by atoms with Crippen molar-refractivity contribution in [2.24, 2.45) is 0 Å². The molecule has 5 nitrogen and oxygen atoms in total. The number of halogens is 1. The van der Waals surface area contributed by atoms with Gasteiger partial charge in [0.25, 0.3) is 0 Å². The van der Waals surface area contributed by atoms with Gasteiger partial charge in [-0.15, -0.1) is 0 Å². The molecule has 0 atom stereocenters. The highest BCUT2D eigenvalue weighted by molar-refractivity contribution is 6.30. The van der Waals surface area contributed by atoms with Crippen LogP contribution in [0.15, 0.2) is 42.5 Å². The second-order valence-electron chi connectivity index (χ2n) is 5.39. The molecule has 6 heteroatoms. The molecule has 1 aliphatic heterocycles. The molecule has 0 unspecified atom stereocenters. The Morgan fingerprint density at radius 2 is 1.83 bits per heavy atom. The highest BCUT2D eigenvalue weighted by atomic mass is 35.5. The van der Waals surface area contributed by atoms with Gasteiger partial charge in [-0.2, -0.15) is 0 Å². The summed E-state index contributed by atoms with van der Waals surface area (Å²) in [5.41, 5.74) is 3.25. The van der Waals surface area contributed by atoms with Crippen molar-refractivity contribution in [1.82, 2.24) is 0 Å². The number of carbonyl (C=O) groups is 2. The number of benzene rings is 2. The average molecular weight is 330 g/mol. The van der Waals surface area contributed by atoms with E-state index in [2.05, 4.69) is 10.6 Å². The monoisotopic (exact) mass is 329 g/mol. The largest absolute Gasteiger partial charge is 0.323 e. The SMILES string of the molecule is CN1C(=O)CCc2cc(NC(=O)Nc3cccc(Cl)c3)ccc21. The highest BCUT2D eigenvalue weighted by Crippen LogP contribution is 2.29. The number of amides is 3. The molecule has 0 fully saturated rings. The van der Waals surface area contributed by atoms with Crippen LogP contribution < -0.4 is 15.5 Å². The molecule has 0 bridgehead atoms. The van der Waals surface area contributed by atoms with Gasteiger partial charge in [0.2, 0.25) is 5.91 Å². The number of anilines is 3. The summed E-state index contributed by atoms with van der Waals surface area (Å²) in [6, 6.07) is 12.1. The van der Waals surface area contributed by atoms with Gasteiger partial charge in [-0.1, -0.05) is 17.7 Å². The first-order chi connectivity index (χ1) is 11.0. The van der Waals surface area contributed by atoms with Crippen molar-refractivity contribution >= 4 is 40.6 Å². The fraction of sp³-hybridized carbons (Fsp3) is 0.176. The van der Waals surface area contributed by atoms with Crippen LogP contribution in [0.1, 0.15) is 12.0 Å². The molecule has 0 aliphatic carbocycles. The average Bonchev–Trinajstić information content (AvgIpc) is 2.51. The van der Waals surface area contributed by atoms with Gasteiger partial charge < -0.3 is 15.5 Å². The molecule has 1 aliphatic rings. The van der Waals surface area contributed by atoms with E-state index in [9.17, 15) is 9.59 Å². The molecular formula is C17H16ClN3O2. The number of fused-ring (bicyclic) bond motifs is 1. The molecule has 2 N–H and O–H groups in total.